The lowest BCUT2D eigenvalue weighted by molar-refractivity contribution is -0.150. The summed E-state index contributed by atoms with van der Waals surface area (Å²) in [6, 6.07) is 0.582. The van der Waals surface area contributed by atoms with Crippen molar-refractivity contribution in [2.24, 2.45) is 5.92 Å². The molecular formula is C13H17N3O3S. The fraction of sp³-hybridized carbons (Fsp3) is 0.615. The van der Waals surface area contributed by atoms with Gasteiger partial charge in [-0.2, -0.15) is 5.10 Å². The molecule has 2 aliphatic rings. The molecule has 2 fully saturated rings. The normalized spacial score (nSPS) is 27.6. The Kier molecular flexibility index (Phi) is 3.45. The number of carboxylic acid groups (broad SMARTS) is 1. The Morgan fingerprint density at radius 1 is 1.45 bits per heavy atom. The number of hydrogen-bond acceptors (Lipinski definition) is 4. The van der Waals surface area contributed by atoms with Crippen LogP contribution in [0.25, 0.3) is 0 Å². The van der Waals surface area contributed by atoms with Gasteiger partial charge in [-0.05, 0) is 31.7 Å². The Morgan fingerprint density at radius 2 is 2.20 bits per heavy atom. The number of amides is 1. The van der Waals surface area contributed by atoms with Crippen LogP contribution < -0.4 is 0 Å². The van der Waals surface area contributed by atoms with Crippen molar-refractivity contribution in [3.8, 4) is 0 Å². The van der Waals surface area contributed by atoms with E-state index in [0.717, 1.165) is 12.8 Å². The summed E-state index contributed by atoms with van der Waals surface area (Å²) in [7, 11) is 0. The summed E-state index contributed by atoms with van der Waals surface area (Å²) >= 11 is 1.60. The predicted octanol–water partition coefficient (Wildman–Crippen LogP) is 1.21. The number of carbonyl (C=O) groups is 2. The van der Waals surface area contributed by atoms with Crippen molar-refractivity contribution in [1.82, 2.24) is 14.7 Å². The molecule has 7 heteroatoms. The van der Waals surface area contributed by atoms with Gasteiger partial charge in [-0.25, -0.2) is 4.79 Å². The van der Waals surface area contributed by atoms with E-state index in [9.17, 15) is 14.7 Å². The average Bonchev–Trinajstić information content (AvgIpc) is 2.96. The molecule has 1 amide bonds. The zero-order valence-electron chi connectivity index (χ0n) is 11.2. The van der Waals surface area contributed by atoms with Crippen LogP contribution in [-0.4, -0.2) is 48.8 Å². The third kappa shape index (κ3) is 2.30. The van der Waals surface area contributed by atoms with E-state index in [1.165, 1.54) is 0 Å². The molecule has 1 saturated carbocycles. The molecule has 1 aromatic heterocycles. The maximum Gasteiger partial charge on any atom is 0.327 e. The van der Waals surface area contributed by atoms with Gasteiger partial charge in [0, 0.05) is 18.1 Å². The van der Waals surface area contributed by atoms with Crippen LogP contribution in [-0.2, 0) is 9.59 Å². The molecule has 3 rings (SSSR count). The van der Waals surface area contributed by atoms with Crippen molar-refractivity contribution < 1.29 is 14.7 Å². The second kappa shape index (κ2) is 5.12. The van der Waals surface area contributed by atoms with Crippen molar-refractivity contribution in [2.45, 2.75) is 37.2 Å². The molecule has 0 bridgehead atoms. The van der Waals surface area contributed by atoms with Crippen LogP contribution in [0.5, 0.6) is 0 Å². The Balaban J connectivity index is 1.83. The highest BCUT2D eigenvalue weighted by atomic mass is 32.2. The molecule has 3 atom stereocenters. The van der Waals surface area contributed by atoms with Crippen LogP contribution in [0.4, 0.5) is 0 Å². The van der Waals surface area contributed by atoms with Crippen molar-refractivity contribution in [3.63, 3.8) is 0 Å². The highest BCUT2D eigenvalue weighted by molar-refractivity contribution is 8.00. The van der Waals surface area contributed by atoms with Crippen LogP contribution in [0, 0.1) is 5.92 Å². The van der Waals surface area contributed by atoms with Crippen molar-refractivity contribution in [3.05, 3.63) is 18.5 Å². The summed E-state index contributed by atoms with van der Waals surface area (Å²) in [6.07, 6.45) is 5.52. The van der Waals surface area contributed by atoms with E-state index < -0.39 is 18.1 Å². The minimum atomic E-state index is -0.915. The number of nitrogens with zero attached hydrogens (tertiary/aromatic N) is 3. The van der Waals surface area contributed by atoms with Gasteiger partial charge >= 0.3 is 5.97 Å². The quantitative estimate of drug-likeness (QED) is 0.903. The molecule has 1 N–H and O–H groups in total. The summed E-state index contributed by atoms with van der Waals surface area (Å²) in [4.78, 5) is 25.7. The zero-order chi connectivity index (χ0) is 14.3. The van der Waals surface area contributed by atoms with Crippen molar-refractivity contribution in [2.75, 3.05) is 5.75 Å². The lowest BCUT2D eigenvalue weighted by Gasteiger charge is -2.30. The number of carboxylic acids is 1. The lowest BCUT2D eigenvalue weighted by Crippen LogP contribution is -2.48. The van der Waals surface area contributed by atoms with E-state index in [0.29, 0.717) is 11.7 Å². The van der Waals surface area contributed by atoms with Gasteiger partial charge in [0.15, 0.2) is 0 Å². The average molecular weight is 295 g/mol. The fourth-order valence-electron chi connectivity index (χ4n) is 2.58. The minimum absolute atomic E-state index is 0.0154. The molecule has 1 aromatic rings. The van der Waals surface area contributed by atoms with E-state index in [1.807, 2.05) is 0 Å². The summed E-state index contributed by atoms with van der Waals surface area (Å²) in [5.74, 6) is -0.128. The monoisotopic (exact) mass is 295 g/mol. The second-order valence-electron chi connectivity index (χ2n) is 5.32. The van der Waals surface area contributed by atoms with Crippen LogP contribution >= 0.6 is 11.8 Å². The first-order chi connectivity index (χ1) is 9.59. The molecule has 3 unspecified atom stereocenters. The Labute approximate surface area is 121 Å². The number of aliphatic carboxylic acids is 1. The summed E-state index contributed by atoms with van der Waals surface area (Å²) < 4.78 is 1.58. The van der Waals surface area contributed by atoms with Gasteiger partial charge in [0.1, 0.15) is 12.1 Å². The third-order valence-corrected chi connectivity index (χ3v) is 5.34. The van der Waals surface area contributed by atoms with E-state index in [-0.39, 0.29) is 11.3 Å². The number of carbonyl (C=O) groups excluding carboxylic acids is 1. The maximum atomic E-state index is 12.7. The van der Waals surface area contributed by atoms with E-state index in [1.54, 1.807) is 46.7 Å². The molecule has 0 aromatic carbocycles. The van der Waals surface area contributed by atoms with Crippen LogP contribution in [0.3, 0.4) is 0 Å². The predicted molar refractivity (Wildman–Crippen MR) is 74.2 cm³/mol. The fourth-order valence-corrected chi connectivity index (χ4v) is 4.22. The Morgan fingerprint density at radius 3 is 2.75 bits per heavy atom. The van der Waals surface area contributed by atoms with Crippen LogP contribution in [0.1, 0.15) is 25.8 Å². The van der Waals surface area contributed by atoms with Gasteiger partial charge in [-0.1, -0.05) is 0 Å². The molecule has 6 nitrogen and oxygen atoms in total. The highest BCUT2D eigenvalue weighted by Crippen LogP contribution is 2.46. The molecule has 0 spiro atoms. The molecule has 1 aliphatic heterocycles. The third-order valence-electron chi connectivity index (χ3n) is 3.88. The Bertz CT molecular complexity index is 515. The molecule has 0 radical (unpaired) electrons. The van der Waals surface area contributed by atoms with Gasteiger partial charge in [0.25, 0.3) is 0 Å². The van der Waals surface area contributed by atoms with Crippen molar-refractivity contribution >= 4 is 23.6 Å². The first-order valence-corrected chi connectivity index (χ1v) is 7.80. The van der Waals surface area contributed by atoms with E-state index in [2.05, 4.69) is 5.10 Å². The van der Waals surface area contributed by atoms with Gasteiger partial charge in [-0.15, -0.1) is 11.8 Å². The molecule has 1 saturated heterocycles. The second-order valence-corrected chi connectivity index (χ2v) is 6.47. The van der Waals surface area contributed by atoms with E-state index >= 15 is 0 Å². The number of rotatable bonds is 4. The molecule has 2 heterocycles. The number of hydrogen-bond donors (Lipinski definition) is 1. The first-order valence-electron chi connectivity index (χ1n) is 6.75. The smallest absolute Gasteiger partial charge is 0.327 e. The highest BCUT2D eigenvalue weighted by Gasteiger charge is 2.49. The van der Waals surface area contributed by atoms with Gasteiger partial charge in [0.2, 0.25) is 5.91 Å². The molecule has 108 valence electrons. The molecule has 1 aliphatic carbocycles. The SMILES string of the molecule is CC(C(=O)N1C(C(=O)O)CSC1C1CC1)n1cccn1. The maximum absolute atomic E-state index is 12.7. The van der Waals surface area contributed by atoms with Gasteiger partial charge in [0.05, 0.1) is 5.37 Å². The first kappa shape index (κ1) is 13.5. The standard InChI is InChI=1S/C13H17N3O3S/c1-8(15-6-2-5-14-15)11(17)16-10(13(18)19)7-20-12(16)9-3-4-9/h2,5-6,8-10,12H,3-4,7H2,1H3,(H,18,19). The number of aromatic nitrogens is 2. The summed E-state index contributed by atoms with van der Waals surface area (Å²) in [5.41, 5.74) is 0. The largest absolute Gasteiger partial charge is 0.480 e. The molecule has 20 heavy (non-hydrogen) atoms. The van der Waals surface area contributed by atoms with Gasteiger partial charge < -0.3 is 10.0 Å². The van der Waals surface area contributed by atoms with Crippen LogP contribution in [0.2, 0.25) is 0 Å². The van der Waals surface area contributed by atoms with E-state index in [4.69, 9.17) is 0 Å². The lowest BCUT2D eigenvalue weighted by atomic mass is 10.2. The topological polar surface area (TPSA) is 75.4 Å². The zero-order valence-corrected chi connectivity index (χ0v) is 12.0. The van der Waals surface area contributed by atoms with Crippen LogP contribution in [0.15, 0.2) is 18.5 Å². The minimum Gasteiger partial charge on any atom is -0.480 e. The van der Waals surface area contributed by atoms with Crippen molar-refractivity contribution in [1.29, 1.82) is 0 Å². The Hall–Kier alpha value is -1.50. The number of thioether (sulfide) groups is 1. The molecular weight excluding hydrogens is 278 g/mol. The van der Waals surface area contributed by atoms with Gasteiger partial charge in [-0.3, -0.25) is 9.48 Å². The summed E-state index contributed by atoms with van der Waals surface area (Å²) in [5, 5.41) is 13.4. The summed E-state index contributed by atoms with van der Waals surface area (Å²) in [6.45, 7) is 1.77.